The monoisotopic (exact) mass is 347 g/mol. The van der Waals surface area contributed by atoms with Crippen molar-refractivity contribution in [2.24, 2.45) is 11.3 Å². The molecule has 2 fully saturated rings. The summed E-state index contributed by atoms with van der Waals surface area (Å²) < 4.78 is 14.0. The fraction of sp³-hybridized carbons (Fsp3) is 0.667. The van der Waals surface area contributed by atoms with Crippen LogP contribution in [0, 0.1) is 17.2 Å². The van der Waals surface area contributed by atoms with Crippen LogP contribution in [0.4, 0.5) is 4.39 Å². The number of amides is 1. The first kappa shape index (κ1) is 18.4. The lowest BCUT2D eigenvalue weighted by Gasteiger charge is -2.49. The fourth-order valence-corrected chi connectivity index (χ4v) is 4.54. The van der Waals surface area contributed by atoms with Crippen molar-refractivity contribution >= 4 is 5.91 Å². The van der Waals surface area contributed by atoms with E-state index in [-0.39, 0.29) is 29.7 Å². The Kier molecular flexibility index (Phi) is 5.19. The maximum absolute atomic E-state index is 14.0. The van der Waals surface area contributed by atoms with Gasteiger partial charge in [0.15, 0.2) is 0 Å². The van der Waals surface area contributed by atoms with E-state index in [0.717, 1.165) is 43.5 Å². The van der Waals surface area contributed by atoms with Crippen LogP contribution in [0.5, 0.6) is 0 Å². The molecule has 1 heterocycles. The van der Waals surface area contributed by atoms with Gasteiger partial charge in [-0.05, 0) is 60.8 Å². The second kappa shape index (κ2) is 7.06. The molecule has 1 spiro atoms. The third-order valence-corrected chi connectivity index (χ3v) is 6.21. The third kappa shape index (κ3) is 3.59. The summed E-state index contributed by atoms with van der Waals surface area (Å²) in [4.78, 5) is 14.3. The smallest absolute Gasteiger partial charge is 0.228 e. The van der Waals surface area contributed by atoms with Crippen LogP contribution in [-0.2, 0) is 4.79 Å². The van der Waals surface area contributed by atoms with Crippen LogP contribution in [0.15, 0.2) is 18.2 Å². The van der Waals surface area contributed by atoms with Gasteiger partial charge in [0, 0.05) is 18.5 Å². The first-order chi connectivity index (χ1) is 11.9. The largest absolute Gasteiger partial charge is 0.396 e. The van der Waals surface area contributed by atoms with E-state index in [1.807, 2.05) is 11.8 Å². The van der Waals surface area contributed by atoms with Crippen molar-refractivity contribution < 1.29 is 14.3 Å². The van der Waals surface area contributed by atoms with Gasteiger partial charge in [-0.2, -0.15) is 0 Å². The molecule has 1 aromatic carbocycles. The minimum Gasteiger partial charge on any atom is -0.396 e. The average Bonchev–Trinajstić information content (AvgIpc) is 2.99. The van der Waals surface area contributed by atoms with Gasteiger partial charge in [0.1, 0.15) is 5.82 Å². The second-order valence-electron chi connectivity index (χ2n) is 8.39. The van der Waals surface area contributed by atoms with Gasteiger partial charge in [0.2, 0.25) is 5.91 Å². The Bertz CT molecular complexity index is 633. The zero-order valence-corrected chi connectivity index (χ0v) is 15.6. The van der Waals surface area contributed by atoms with Crippen LogP contribution in [0.3, 0.4) is 0 Å². The lowest BCUT2D eigenvalue weighted by molar-refractivity contribution is -0.149. The Morgan fingerprint density at radius 2 is 2.08 bits per heavy atom. The Hall–Kier alpha value is -1.42. The van der Waals surface area contributed by atoms with Crippen LogP contribution >= 0.6 is 0 Å². The van der Waals surface area contributed by atoms with Crippen molar-refractivity contribution in [2.45, 2.75) is 58.3 Å². The minimum atomic E-state index is -0.258. The van der Waals surface area contributed by atoms with Crippen molar-refractivity contribution in [3.63, 3.8) is 0 Å². The van der Waals surface area contributed by atoms with E-state index < -0.39 is 0 Å². The molecule has 0 radical (unpaired) electrons. The molecule has 25 heavy (non-hydrogen) atoms. The summed E-state index contributed by atoms with van der Waals surface area (Å²) in [5.74, 6) is 0.413. The molecule has 1 saturated heterocycles. The fourth-order valence-electron chi connectivity index (χ4n) is 4.54. The first-order valence-corrected chi connectivity index (χ1v) is 9.57. The summed E-state index contributed by atoms with van der Waals surface area (Å²) in [5, 5.41) is 9.33. The van der Waals surface area contributed by atoms with Crippen LogP contribution < -0.4 is 0 Å². The van der Waals surface area contributed by atoms with E-state index >= 15 is 0 Å². The lowest BCUT2D eigenvalue weighted by atomic mass is 9.76. The molecule has 3 nitrogen and oxygen atoms in total. The van der Waals surface area contributed by atoms with Gasteiger partial charge in [0.05, 0.1) is 12.5 Å². The van der Waals surface area contributed by atoms with Gasteiger partial charge in [-0.3, -0.25) is 4.79 Å². The molecular weight excluding hydrogens is 317 g/mol. The molecular formula is C21H30FNO2. The summed E-state index contributed by atoms with van der Waals surface area (Å²) >= 11 is 0. The summed E-state index contributed by atoms with van der Waals surface area (Å²) in [6.07, 6.45) is 3.89. The van der Waals surface area contributed by atoms with Gasteiger partial charge in [0.25, 0.3) is 0 Å². The van der Waals surface area contributed by atoms with Crippen molar-refractivity contribution in [1.82, 2.24) is 4.90 Å². The highest BCUT2D eigenvalue weighted by molar-refractivity contribution is 5.80. The number of rotatable bonds is 5. The molecule has 1 N–H and O–H groups in total. The second-order valence-corrected chi connectivity index (χ2v) is 8.39. The van der Waals surface area contributed by atoms with Gasteiger partial charge >= 0.3 is 0 Å². The van der Waals surface area contributed by atoms with Crippen LogP contribution in [0.25, 0.3) is 0 Å². The zero-order chi connectivity index (χ0) is 18.2. The van der Waals surface area contributed by atoms with E-state index in [1.54, 1.807) is 12.1 Å². The first-order valence-electron chi connectivity index (χ1n) is 9.57. The van der Waals surface area contributed by atoms with E-state index in [2.05, 4.69) is 19.9 Å². The molecule has 1 unspecified atom stereocenters. The lowest BCUT2D eigenvalue weighted by Crippen LogP contribution is -2.58. The Morgan fingerprint density at radius 1 is 1.36 bits per heavy atom. The van der Waals surface area contributed by atoms with Crippen molar-refractivity contribution in [3.8, 4) is 0 Å². The maximum atomic E-state index is 14.0. The van der Waals surface area contributed by atoms with Crippen LogP contribution in [-0.4, -0.2) is 35.6 Å². The predicted molar refractivity (Wildman–Crippen MR) is 97.0 cm³/mol. The van der Waals surface area contributed by atoms with Gasteiger partial charge in [-0.1, -0.05) is 26.8 Å². The van der Waals surface area contributed by atoms with Gasteiger partial charge in [-0.15, -0.1) is 0 Å². The summed E-state index contributed by atoms with van der Waals surface area (Å²) in [6, 6.07) is 5.50. The number of carbonyl (C=O) groups excluding carboxylic acids is 1. The van der Waals surface area contributed by atoms with E-state index in [0.29, 0.717) is 18.3 Å². The van der Waals surface area contributed by atoms with Gasteiger partial charge < -0.3 is 10.0 Å². The molecule has 1 aromatic rings. The number of halogens is 1. The SMILES string of the molecule is CC[C@H](CO)C(=O)N1CC2(CCC(c3cc(F)cc(C(C)C)c3)C2)C1. The number of nitrogens with zero attached hydrogens (tertiary/aromatic N) is 1. The number of aliphatic hydroxyl groups excluding tert-OH is 1. The standard InChI is InChI=1S/C21H30FNO2/c1-4-15(11-24)20(25)23-12-21(13-23)6-5-16(10-21)18-7-17(14(2)3)8-19(22)9-18/h7-9,14-16,24H,4-6,10-13H2,1-3H3/t15-,16?/m1/s1. The number of likely N-dealkylation sites (tertiary alicyclic amines) is 1. The number of hydrogen-bond donors (Lipinski definition) is 1. The highest BCUT2D eigenvalue weighted by Crippen LogP contribution is 2.52. The van der Waals surface area contributed by atoms with E-state index in [4.69, 9.17) is 0 Å². The molecule has 4 heteroatoms. The quantitative estimate of drug-likeness (QED) is 0.872. The minimum absolute atomic E-state index is 0.0667. The van der Waals surface area contributed by atoms with E-state index in [9.17, 15) is 14.3 Å². The molecule has 1 aliphatic heterocycles. The molecule has 1 saturated carbocycles. The Balaban J connectivity index is 1.65. The number of aliphatic hydroxyl groups is 1. The summed E-state index contributed by atoms with van der Waals surface area (Å²) in [5.41, 5.74) is 2.39. The number of carbonyl (C=O) groups is 1. The average molecular weight is 347 g/mol. The molecule has 2 aliphatic rings. The summed E-state index contributed by atoms with van der Waals surface area (Å²) in [6.45, 7) is 7.65. The summed E-state index contributed by atoms with van der Waals surface area (Å²) in [7, 11) is 0. The van der Waals surface area contributed by atoms with Crippen LogP contribution in [0.1, 0.15) is 69.4 Å². The highest BCUT2D eigenvalue weighted by Gasteiger charge is 2.50. The molecule has 0 bridgehead atoms. The van der Waals surface area contributed by atoms with Gasteiger partial charge in [-0.25, -0.2) is 4.39 Å². The van der Waals surface area contributed by atoms with Crippen molar-refractivity contribution in [2.75, 3.05) is 19.7 Å². The molecule has 0 aromatic heterocycles. The molecule has 138 valence electrons. The zero-order valence-electron chi connectivity index (χ0n) is 15.6. The van der Waals surface area contributed by atoms with Crippen LogP contribution in [0.2, 0.25) is 0 Å². The number of hydrogen-bond acceptors (Lipinski definition) is 2. The molecule has 2 atom stereocenters. The molecule has 3 rings (SSSR count). The highest BCUT2D eigenvalue weighted by atomic mass is 19.1. The molecule has 1 aliphatic carbocycles. The Labute approximate surface area is 150 Å². The predicted octanol–water partition coefficient (Wildman–Crippen LogP) is 4.06. The van der Waals surface area contributed by atoms with Crippen molar-refractivity contribution in [1.29, 1.82) is 0 Å². The van der Waals surface area contributed by atoms with Crippen molar-refractivity contribution in [3.05, 3.63) is 35.1 Å². The Morgan fingerprint density at radius 3 is 2.68 bits per heavy atom. The topological polar surface area (TPSA) is 40.5 Å². The maximum Gasteiger partial charge on any atom is 0.228 e. The number of benzene rings is 1. The molecule has 1 amide bonds. The van der Waals surface area contributed by atoms with E-state index in [1.165, 1.54) is 0 Å². The third-order valence-electron chi connectivity index (χ3n) is 6.21. The normalized spacial score (nSPS) is 23.1.